The zero-order valence-corrected chi connectivity index (χ0v) is 32.0. The van der Waals surface area contributed by atoms with Crippen LogP contribution >= 0.6 is 11.6 Å². The normalized spacial score (nSPS) is 26.4. The van der Waals surface area contributed by atoms with Crippen LogP contribution in [0.5, 0.6) is 5.75 Å². The predicted molar refractivity (Wildman–Crippen MR) is 204 cm³/mol. The van der Waals surface area contributed by atoms with Gasteiger partial charge in [-0.2, -0.15) is 5.26 Å². The number of fused-ring (bicyclic) bond motifs is 3. The third-order valence-corrected chi connectivity index (χ3v) is 12.8. The van der Waals surface area contributed by atoms with Crippen molar-refractivity contribution < 1.29 is 28.7 Å². The van der Waals surface area contributed by atoms with E-state index in [0.29, 0.717) is 33.5 Å². The van der Waals surface area contributed by atoms with Crippen LogP contribution in [0.2, 0.25) is 5.02 Å². The van der Waals surface area contributed by atoms with Gasteiger partial charge in [0, 0.05) is 72.3 Å². The molecule has 284 valence electrons. The highest BCUT2D eigenvalue weighted by Crippen LogP contribution is 2.55. The standard InChI is InChI=1S/C42H43ClN6O6/c1-41(2)39(42(3,4)40(41)55-29-11-9-25(20-44)32(43)19-29)46-35(51)24-7-5-23(6-8-24)15-16-47-21-28-17-27(47)22-48(28)26-10-12-30-31(18-26)38(54)49(37(30)53)33-13-14-34(50)45-36(33)52/h5-12,18-19,27-28,33,39-40H,13-17,21-22H2,1-4H3,(H,46,51)(H,45,50,52)/t27-,28-,33-,39?,40?/m1/s1. The molecule has 55 heavy (non-hydrogen) atoms. The number of benzene rings is 3. The summed E-state index contributed by atoms with van der Waals surface area (Å²) in [7, 11) is 0. The molecule has 1 aliphatic carbocycles. The lowest BCUT2D eigenvalue weighted by Gasteiger charge is -2.63. The summed E-state index contributed by atoms with van der Waals surface area (Å²) in [5.74, 6) is -1.54. The molecule has 0 unspecified atom stereocenters. The summed E-state index contributed by atoms with van der Waals surface area (Å²) in [5, 5.41) is 15.0. The van der Waals surface area contributed by atoms with Crippen LogP contribution in [0.15, 0.2) is 60.7 Å². The second kappa shape index (κ2) is 13.5. The van der Waals surface area contributed by atoms with E-state index in [1.165, 1.54) is 0 Å². The van der Waals surface area contributed by atoms with E-state index in [-0.39, 0.29) is 53.3 Å². The number of amides is 5. The molecule has 0 radical (unpaired) electrons. The molecular weight excluding hydrogens is 720 g/mol. The van der Waals surface area contributed by atoms with Crippen LogP contribution in [-0.2, 0) is 16.0 Å². The summed E-state index contributed by atoms with van der Waals surface area (Å²) in [5.41, 5.74) is 2.90. The van der Waals surface area contributed by atoms with Gasteiger partial charge >= 0.3 is 0 Å². The molecule has 1 saturated carbocycles. The van der Waals surface area contributed by atoms with Crippen molar-refractivity contribution >= 4 is 46.8 Å². The van der Waals surface area contributed by atoms with Crippen molar-refractivity contribution in [1.29, 1.82) is 5.26 Å². The number of anilines is 1. The number of carbonyl (C=O) groups excluding carboxylic acids is 5. The van der Waals surface area contributed by atoms with E-state index < -0.39 is 29.7 Å². The van der Waals surface area contributed by atoms with Crippen molar-refractivity contribution in [2.45, 2.75) is 83.6 Å². The topological polar surface area (TPSA) is 152 Å². The lowest BCUT2D eigenvalue weighted by molar-refractivity contribution is -0.164. The Labute approximate surface area is 324 Å². The molecule has 5 amide bonds. The Hall–Kier alpha value is -5.25. The number of nitrogens with zero attached hydrogens (tertiary/aromatic N) is 4. The molecule has 0 aromatic heterocycles. The first kappa shape index (κ1) is 36.7. The van der Waals surface area contributed by atoms with E-state index in [2.05, 4.69) is 54.2 Å². The molecule has 3 atom stereocenters. The zero-order valence-electron chi connectivity index (χ0n) is 31.2. The zero-order chi connectivity index (χ0) is 39.0. The minimum absolute atomic E-state index is 0.0841. The fourth-order valence-corrected chi connectivity index (χ4v) is 10.1. The molecule has 3 aromatic rings. The smallest absolute Gasteiger partial charge is 0.262 e. The van der Waals surface area contributed by atoms with Gasteiger partial charge in [0.25, 0.3) is 17.7 Å². The number of nitriles is 1. The molecule has 0 spiro atoms. The molecule has 5 aliphatic rings. The minimum atomic E-state index is -0.983. The maximum Gasteiger partial charge on any atom is 0.262 e. The molecule has 4 fully saturated rings. The van der Waals surface area contributed by atoms with Crippen LogP contribution in [0.3, 0.4) is 0 Å². The predicted octanol–water partition coefficient (Wildman–Crippen LogP) is 4.73. The molecule has 13 heteroatoms. The summed E-state index contributed by atoms with van der Waals surface area (Å²) >= 11 is 6.24. The Bertz CT molecular complexity index is 2160. The van der Waals surface area contributed by atoms with Crippen molar-refractivity contribution in [3.8, 4) is 11.8 Å². The van der Waals surface area contributed by atoms with Crippen LogP contribution in [-0.4, -0.2) is 89.2 Å². The number of rotatable bonds is 9. The van der Waals surface area contributed by atoms with E-state index in [0.717, 1.165) is 48.6 Å². The highest BCUT2D eigenvalue weighted by molar-refractivity contribution is 6.31. The maximum absolute atomic E-state index is 13.4. The Kier molecular flexibility index (Phi) is 9.01. The number of imide groups is 2. The lowest BCUT2D eigenvalue weighted by Crippen LogP contribution is -2.74. The van der Waals surface area contributed by atoms with Crippen molar-refractivity contribution in [2.75, 3.05) is 24.5 Å². The largest absolute Gasteiger partial charge is 0.489 e. The molecular formula is C42H43ClN6O6. The number of likely N-dealkylation sites (tertiary alicyclic amines) is 1. The average Bonchev–Trinajstić information content (AvgIpc) is 3.83. The molecule has 3 aromatic carbocycles. The van der Waals surface area contributed by atoms with Gasteiger partial charge in [0.05, 0.1) is 21.7 Å². The maximum atomic E-state index is 13.4. The van der Waals surface area contributed by atoms with Gasteiger partial charge in [0.15, 0.2) is 0 Å². The molecule has 4 heterocycles. The van der Waals surface area contributed by atoms with Crippen LogP contribution < -0.4 is 20.3 Å². The first-order chi connectivity index (χ1) is 26.2. The summed E-state index contributed by atoms with van der Waals surface area (Å²) in [6, 6.07) is 19.8. The Balaban J connectivity index is 0.837. The van der Waals surface area contributed by atoms with Crippen molar-refractivity contribution in [2.24, 2.45) is 10.8 Å². The van der Waals surface area contributed by atoms with Crippen LogP contribution in [0, 0.1) is 22.2 Å². The second-order valence-electron chi connectivity index (χ2n) is 16.6. The third-order valence-electron chi connectivity index (χ3n) is 12.4. The molecule has 2 bridgehead atoms. The Morgan fingerprint density at radius 3 is 2.33 bits per heavy atom. The quantitative estimate of drug-likeness (QED) is 0.295. The Morgan fingerprint density at radius 1 is 0.945 bits per heavy atom. The van der Waals surface area contributed by atoms with Gasteiger partial charge in [-0.05, 0) is 67.3 Å². The summed E-state index contributed by atoms with van der Waals surface area (Å²) in [4.78, 5) is 69.9. The minimum Gasteiger partial charge on any atom is -0.489 e. The van der Waals surface area contributed by atoms with Gasteiger partial charge in [-0.15, -0.1) is 0 Å². The van der Waals surface area contributed by atoms with Crippen molar-refractivity contribution in [3.63, 3.8) is 0 Å². The van der Waals surface area contributed by atoms with Gasteiger partial charge in [0.1, 0.15) is 24.0 Å². The molecule has 2 N–H and O–H groups in total. The number of hydrogen-bond acceptors (Lipinski definition) is 9. The molecule has 8 rings (SSSR count). The number of piperazine rings is 1. The average molecular weight is 763 g/mol. The second-order valence-corrected chi connectivity index (χ2v) is 17.0. The van der Waals surface area contributed by atoms with Gasteiger partial charge < -0.3 is 15.0 Å². The first-order valence-electron chi connectivity index (χ1n) is 18.8. The monoisotopic (exact) mass is 762 g/mol. The van der Waals surface area contributed by atoms with Gasteiger partial charge in [-0.3, -0.25) is 39.1 Å². The highest BCUT2D eigenvalue weighted by atomic mass is 35.5. The van der Waals surface area contributed by atoms with E-state index in [4.69, 9.17) is 16.3 Å². The SMILES string of the molecule is CC1(C)C(NC(=O)c2ccc(CCN3C[C@H]4C[C@@H]3CN4c3ccc4c(c3)C(=O)N([C@@H]3CCC(=O)NC3=O)C4=O)cc2)C(C)(C)C1Oc1ccc(C#N)c(Cl)c1. The fraction of sp³-hybridized carbons (Fsp3) is 0.429. The number of nitrogens with one attached hydrogen (secondary N) is 2. The van der Waals surface area contributed by atoms with Gasteiger partial charge in [-0.25, -0.2) is 0 Å². The number of hydrogen-bond donors (Lipinski definition) is 2. The van der Waals surface area contributed by atoms with Gasteiger partial charge in [-0.1, -0.05) is 51.4 Å². The van der Waals surface area contributed by atoms with Gasteiger partial charge in [0.2, 0.25) is 11.8 Å². The van der Waals surface area contributed by atoms with E-state index >= 15 is 0 Å². The van der Waals surface area contributed by atoms with E-state index in [9.17, 15) is 29.2 Å². The number of carbonyl (C=O) groups is 5. The van der Waals surface area contributed by atoms with E-state index in [1.807, 2.05) is 30.3 Å². The first-order valence-corrected chi connectivity index (χ1v) is 19.2. The van der Waals surface area contributed by atoms with Crippen LogP contribution in [0.25, 0.3) is 0 Å². The van der Waals surface area contributed by atoms with Crippen LogP contribution in [0.1, 0.15) is 89.2 Å². The summed E-state index contributed by atoms with van der Waals surface area (Å²) < 4.78 is 6.37. The third kappa shape index (κ3) is 6.23. The summed E-state index contributed by atoms with van der Waals surface area (Å²) in [6.07, 6.45) is 1.87. The van der Waals surface area contributed by atoms with E-state index in [1.54, 1.807) is 30.3 Å². The van der Waals surface area contributed by atoms with Crippen molar-refractivity contribution in [1.82, 2.24) is 20.4 Å². The number of halogens is 1. The lowest BCUT2D eigenvalue weighted by atomic mass is 9.49. The fourth-order valence-electron chi connectivity index (χ4n) is 9.88. The molecule has 3 saturated heterocycles. The van der Waals surface area contributed by atoms with Crippen LogP contribution in [0.4, 0.5) is 5.69 Å². The molecule has 12 nitrogen and oxygen atoms in total. The number of ether oxygens (including phenoxy) is 1. The Morgan fingerprint density at radius 2 is 1.67 bits per heavy atom. The molecule has 4 aliphatic heterocycles. The summed E-state index contributed by atoms with van der Waals surface area (Å²) in [6.45, 7) is 10.9. The number of piperidine rings is 1. The van der Waals surface area contributed by atoms with Crippen molar-refractivity contribution in [3.05, 3.63) is 93.5 Å². The highest BCUT2D eigenvalue weighted by Gasteiger charge is 2.64.